The molecule has 1 aliphatic rings. The number of rotatable bonds is 2. The van der Waals surface area contributed by atoms with Gasteiger partial charge in [-0.05, 0) is 18.9 Å². The lowest BCUT2D eigenvalue weighted by Crippen LogP contribution is -2.18. The van der Waals surface area contributed by atoms with Crippen molar-refractivity contribution in [1.82, 2.24) is 14.9 Å². The first-order valence-corrected chi connectivity index (χ1v) is 4.64. The van der Waals surface area contributed by atoms with Crippen LogP contribution in [0, 0.1) is 0 Å². The number of hydrogen-bond acceptors (Lipinski definition) is 3. The van der Waals surface area contributed by atoms with Crippen molar-refractivity contribution in [2.24, 2.45) is 0 Å². The highest BCUT2D eigenvalue weighted by molar-refractivity contribution is 5.28. The largest absolute Gasteiger partial charge is 0.412 e. The molecule has 0 radical (unpaired) electrons. The lowest BCUT2D eigenvalue weighted by atomic mass is 10.0. The molecule has 1 aromatic heterocycles. The van der Waals surface area contributed by atoms with Crippen LogP contribution in [0.1, 0.15) is 12.8 Å². The molecule has 2 rings (SSSR count). The number of alkyl halides is 3. The molecule has 0 amide bonds. The summed E-state index contributed by atoms with van der Waals surface area (Å²) < 4.78 is 38.4. The number of aromatic nitrogens is 3. The first-order chi connectivity index (χ1) is 7.55. The Morgan fingerprint density at radius 3 is 2.31 bits per heavy atom. The fourth-order valence-electron chi connectivity index (χ4n) is 1.39. The van der Waals surface area contributed by atoms with E-state index in [9.17, 15) is 13.2 Å². The third kappa shape index (κ3) is 2.41. The monoisotopic (exact) mass is 230 g/mol. The van der Waals surface area contributed by atoms with Gasteiger partial charge in [0.2, 0.25) is 0 Å². The van der Waals surface area contributed by atoms with Crippen molar-refractivity contribution < 1.29 is 13.2 Å². The van der Waals surface area contributed by atoms with Gasteiger partial charge in [0, 0.05) is 11.3 Å². The molecule has 86 valence electrons. The summed E-state index contributed by atoms with van der Waals surface area (Å²) in [6.45, 7) is 0. The zero-order valence-corrected chi connectivity index (χ0v) is 8.20. The second-order valence-electron chi connectivity index (χ2n) is 3.36. The Balaban J connectivity index is 2.05. The summed E-state index contributed by atoms with van der Waals surface area (Å²) in [5, 5.41) is 7.14. The highest BCUT2D eigenvalue weighted by atomic mass is 19.4. The van der Waals surface area contributed by atoms with Crippen molar-refractivity contribution in [3.05, 3.63) is 36.1 Å². The second-order valence-corrected chi connectivity index (χ2v) is 3.36. The van der Waals surface area contributed by atoms with Crippen LogP contribution >= 0.6 is 0 Å². The predicted molar refractivity (Wildman–Crippen MR) is 50.8 cm³/mol. The number of hydrogen-bond donors (Lipinski definition) is 1. The van der Waals surface area contributed by atoms with Gasteiger partial charge in [0.25, 0.3) is 0 Å². The molecule has 1 aliphatic carbocycles. The van der Waals surface area contributed by atoms with Crippen molar-refractivity contribution in [2.45, 2.75) is 19.0 Å². The maximum Gasteiger partial charge on any atom is 0.412 e. The van der Waals surface area contributed by atoms with Crippen LogP contribution < -0.4 is 5.43 Å². The third-order valence-corrected chi connectivity index (χ3v) is 2.20. The van der Waals surface area contributed by atoms with E-state index in [2.05, 4.69) is 15.6 Å². The minimum atomic E-state index is -4.22. The van der Waals surface area contributed by atoms with Gasteiger partial charge in [-0.15, -0.1) is 10.2 Å². The van der Waals surface area contributed by atoms with Crippen LogP contribution in [0.2, 0.25) is 0 Å². The van der Waals surface area contributed by atoms with Gasteiger partial charge in [0.1, 0.15) is 12.7 Å². The minimum Gasteiger partial charge on any atom is -0.296 e. The molecule has 0 saturated carbocycles. The van der Waals surface area contributed by atoms with Crippen molar-refractivity contribution >= 4 is 0 Å². The summed E-state index contributed by atoms with van der Waals surface area (Å²) in [4.78, 5) is 0. The Morgan fingerprint density at radius 2 is 1.81 bits per heavy atom. The molecule has 1 aromatic rings. The second kappa shape index (κ2) is 3.99. The lowest BCUT2D eigenvalue weighted by molar-refractivity contribution is -0.0941. The first-order valence-electron chi connectivity index (χ1n) is 4.64. The van der Waals surface area contributed by atoms with E-state index in [-0.39, 0.29) is 6.42 Å². The van der Waals surface area contributed by atoms with Gasteiger partial charge in [-0.25, -0.2) is 4.68 Å². The van der Waals surface area contributed by atoms with Crippen molar-refractivity contribution in [3.63, 3.8) is 0 Å². The summed E-state index contributed by atoms with van der Waals surface area (Å²) >= 11 is 0. The first kappa shape index (κ1) is 10.7. The van der Waals surface area contributed by atoms with Crippen LogP contribution in [-0.4, -0.2) is 21.0 Å². The Bertz CT molecular complexity index is 416. The molecule has 0 bridgehead atoms. The molecule has 16 heavy (non-hydrogen) atoms. The van der Waals surface area contributed by atoms with E-state index in [1.807, 2.05) is 0 Å². The average molecular weight is 230 g/mol. The maximum atomic E-state index is 12.3. The fourth-order valence-corrected chi connectivity index (χ4v) is 1.39. The molecule has 7 heteroatoms. The van der Waals surface area contributed by atoms with E-state index >= 15 is 0 Å². The van der Waals surface area contributed by atoms with Gasteiger partial charge in [0.15, 0.2) is 0 Å². The van der Waals surface area contributed by atoms with Crippen molar-refractivity contribution in [2.75, 3.05) is 5.43 Å². The van der Waals surface area contributed by atoms with E-state index in [4.69, 9.17) is 0 Å². The van der Waals surface area contributed by atoms with Crippen LogP contribution in [-0.2, 0) is 0 Å². The van der Waals surface area contributed by atoms with E-state index in [0.717, 1.165) is 6.08 Å². The van der Waals surface area contributed by atoms with E-state index in [1.165, 1.54) is 23.4 Å². The maximum absolute atomic E-state index is 12.3. The standard InChI is InChI=1S/C9H9F3N4/c10-9(11,12)7-1-3-8(4-2-7)15-16-5-13-14-6-16/h1,3,5-6,15H,2,4H2. The molecule has 0 saturated heterocycles. The van der Waals surface area contributed by atoms with Gasteiger partial charge in [-0.1, -0.05) is 6.08 Å². The van der Waals surface area contributed by atoms with Crippen LogP contribution in [0.4, 0.5) is 13.2 Å². The molecule has 0 spiro atoms. The molecular weight excluding hydrogens is 221 g/mol. The molecule has 0 fully saturated rings. The van der Waals surface area contributed by atoms with E-state index < -0.39 is 11.7 Å². The molecule has 1 heterocycles. The van der Waals surface area contributed by atoms with E-state index in [0.29, 0.717) is 12.1 Å². The summed E-state index contributed by atoms with van der Waals surface area (Å²) in [7, 11) is 0. The molecule has 0 unspecified atom stereocenters. The molecule has 0 aromatic carbocycles. The quantitative estimate of drug-likeness (QED) is 0.844. The average Bonchev–Trinajstić information content (AvgIpc) is 2.70. The van der Waals surface area contributed by atoms with Crippen LogP contribution in [0.3, 0.4) is 0 Å². The third-order valence-electron chi connectivity index (χ3n) is 2.20. The fraction of sp³-hybridized carbons (Fsp3) is 0.333. The van der Waals surface area contributed by atoms with Gasteiger partial charge in [-0.2, -0.15) is 13.2 Å². The molecule has 0 aliphatic heterocycles. The van der Waals surface area contributed by atoms with Gasteiger partial charge in [-0.3, -0.25) is 5.43 Å². The lowest BCUT2D eigenvalue weighted by Gasteiger charge is -2.17. The Kier molecular flexibility index (Phi) is 2.67. The molecule has 1 N–H and O–H groups in total. The van der Waals surface area contributed by atoms with Crippen molar-refractivity contribution in [1.29, 1.82) is 0 Å². The number of allylic oxidation sites excluding steroid dienone is 4. The van der Waals surface area contributed by atoms with E-state index in [1.54, 1.807) is 0 Å². The van der Waals surface area contributed by atoms with Crippen LogP contribution in [0.25, 0.3) is 0 Å². The van der Waals surface area contributed by atoms with Gasteiger partial charge >= 0.3 is 6.18 Å². The predicted octanol–water partition coefficient (Wildman–Crippen LogP) is 1.99. The molecule has 0 atom stereocenters. The molecule has 4 nitrogen and oxygen atoms in total. The Morgan fingerprint density at radius 1 is 1.12 bits per heavy atom. The molecular formula is C9H9F3N4. The highest BCUT2D eigenvalue weighted by Gasteiger charge is 2.33. The van der Waals surface area contributed by atoms with Crippen LogP contribution in [0.5, 0.6) is 0 Å². The van der Waals surface area contributed by atoms with Crippen LogP contribution in [0.15, 0.2) is 36.1 Å². The summed E-state index contributed by atoms with van der Waals surface area (Å²) in [6.07, 6.45) is 1.47. The smallest absolute Gasteiger partial charge is 0.296 e. The summed E-state index contributed by atoms with van der Waals surface area (Å²) in [5.74, 6) is 0. The SMILES string of the molecule is FC(F)(F)C1=CC=C(Nn2cnnc2)CC1. The number of nitrogens with zero attached hydrogens (tertiary/aromatic N) is 3. The number of halogens is 3. The summed E-state index contributed by atoms with van der Waals surface area (Å²) in [6, 6.07) is 0. The van der Waals surface area contributed by atoms with Gasteiger partial charge < -0.3 is 0 Å². The number of nitrogens with one attached hydrogen (secondary N) is 1. The van der Waals surface area contributed by atoms with Crippen molar-refractivity contribution in [3.8, 4) is 0 Å². The topological polar surface area (TPSA) is 42.7 Å². The zero-order valence-electron chi connectivity index (χ0n) is 8.20. The Hall–Kier alpha value is -1.79. The highest BCUT2D eigenvalue weighted by Crippen LogP contribution is 2.32. The normalized spacial score (nSPS) is 16.7. The summed E-state index contributed by atoms with van der Waals surface area (Å²) in [5.41, 5.74) is 3.08. The zero-order chi connectivity index (χ0) is 11.6. The van der Waals surface area contributed by atoms with Gasteiger partial charge in [0.05, 0.1) is 0 Å². The Labute approximate surface area is 89.4 Å². The minimum absolute atomic E-state index is 0.00947.